The van der Waals surface area contributed by atoms with E-state index in [2.05, 4.69) is 58.3 Å². The molecule has 1 saturated carbocycles. The molecule has 0 amide bonds. The van der Waals surface area contributed by atoms with Crippen molar-refractivity contribution in [2.45, 2.75) is 51.6 Å². The standard InChI is InChI=1S/C26H34N2/c1-3-7-25-19-27(15-13-23(25)5-1)17-21-9-11-22(12-10-21)18-28-16-14-24-6-2-4-8-26(24)20-28/h1-8,21-22H,9-20H2. The van der Waals surface area contributed by atoms with Crippen molar-refractivity contribution in [1.82, 2.24) is 9.80 Å². The van der Waals surface area contributed by atoms with Crippen LogP contribution in [0.1, 0.15) is 47.9 Å². The molecule has 0 spiro atoms. The second-order valence-corrected chi connectivity index (χ2v) is 9.39. The minimum atomic E-state index is 0.920. The van der Waals surface area contributed by atoms with E-state index in [4.69, 9.17) is 0 Å². The minimum Gasteiger partial charge on any atom is -0.298 e. The highest BCUT2D eigenvalue weighted by Gasteiger charge is 2.26. The topological polar surface area (TPSA) is 6.48 Å². The van der Waals surface area contributed by atoms with E-state index in [9.17, 15) is 0 Å². The van der Waals surface area contributed by atoms with Crippen molar-refractivity contribution in [2.24, 2.45) is 11.8 Å². The number of nitrogens with zero attached hydrogens (tertiary/aromatic N) is 2. The van der Waals surface area contributed by atoms with Crippen LogP contribution < -0.4 is 0 Å². The fraction of sp³-hybridized carbons (Fsp3) is 0.538. The maximum atomic E-state index is 2.72. The Kier molecular flexibility index (Phi) is 5.51. The zero-order valence-corrected chi connectivity index (χ0v) is 17.2. The maximum absolute atomic E-state index is 2.72. The van der Waals surface area contributed by atoms with Crippen LogP contribution in [0.2, 0.25) is 0 Å². The van der Waals surface area contributed by atoms with Crippen molar-refractivity contribution < 1.29 is 0 Å². The summed E-state index contributed by atoms with van der Waals surface area (Å²) < 4.78 is 0. The van der Waals surface area contributed by atoms with Gasteiger partial charge < -0.3 is 0 Å². The lowest BCUT2D eigenvalue weighted by atomic mass is 9.81. The van der Waals surface area contributed by atoms with Crippen molar-refractivity contribution in [1.29, 1.82) is 0 Å². The van der Waals surface area contributed by atoms with Crippen molar-refractivity contribution in [3.05, 3.63) is 70.8 Å². The predicted octanol–water partition coefficient (Wildman–Crippen LogP) is 4.91. The van der Waals surface area contributed by atoms with Crippen molar-refractivity contribution in [2.75, 3.05) is 26.2 Å². The summed E-state index contributed by atoms with van der Waals surface area (Å²) in [5, 5.41) is 0. The molecule has 2 heteroatoms. The average Bonchev–Trinajstić information content (AvgIpc) is 2.75. The summed E-state index contributed by atoms with van der Waals surface area (Å²) in [6, 6.07) is 18.1. The van der Waals surface area contributed by atoms with E-state index in [1.54, 1.807) is 22.3 Å². The predicted molar refractivity (Wildman–Crippen MR) is 116 cm³/mol. The summed E-state index contributed by atoms with van der Waals surface area (Å²) in [6.45, 7) is 7.48. The van der Waals surface area contributed by atoms with Crippen LogP contribution in [-0.4, -0.2) is 36.0 Å². The number of rotatable bonds is 4. The molecular formula is C26H34N2. The molecule has 0 aromatic heterocycles. The summed E-state index contributed by atoms with van der Waals surface area (Å²) in [4.78, 5) is 5.43. The zero-order chi connectivity index (χ0) is 18.8. The molecule has 28 heavy (non-hydrogen) atoms. The monoisotopic (exact) mass is 374 g/mol. The highest BCUT2D eigenvalue weighted by molar-refractivity contribution is 5.29. The van der Waals surface area contributed by atoms with Gasteiger partial charge in [0.05, 0.1) is 0 Å². The quantitative estimate of drug-likeness (QED) is 0.750. The van der Waals surface area contributed by atoms with Crippen LogP contribution in [0.3, 0.4) is 0 Å². The first-order valence-corrected chi connectivity index (χ1v) is 11.4. The van der Waals surface area contributed by atoms with E-state index in [0.717, 1.165) is 11.8 Å². The fourth-order valence-electron chi connectivity index (χ4n) is 5.75. The molecule has 2 aromatic carbocycles. The van der Waals surface area contributed by atoms with Crippen LogP contribution in [0.15, 0.2) is 48.5 Å². The van der Waals surface area contributed by atoms with Gasteiger partial charge >= 0.3 is 0 Å². The van der Waals surface area contributed by atoms with Gasteiger partial charge in [0.1, 0.15) is 0 Å². The van der Waals surface area contributed by atoms with Gasteiger partial charge in [-0.1, -0.05) is 48.5 Å². The lowest BCUT2D eigenvalue weighted by molar-refractivity contribution is 0.139. The molecule has 0 bridgehead atoms. The Balaban J connectivity index is 1.08. The van der Waals surface area contributed by atoms with E-state index in [-0.39, 0.29) is 0 Å². The van der Waals surface area contributed by atoms with Gasteiger partial charge in [0, 0.05) is 39.3 Å². The molecule has 0 atom stereocenters. The average molecular weight is 375 g/mol. The third-order valence-electron chi connectivity index (χ3n) is 7.42. The molecule has 2 aliphatic heterocycles. The Hall–Kier alpha value is -1.64. The van der Waals surface area contributed by atoms with Gasteiger partial charge in [-0.25, -0.2) is 0 Å². The van der Waals surface area contributed by atoms with Crippen molar-refractivity contribution in [3.8, 4) is 0 Å². The Morgan fingerprint density at radius 3 is 1.39 bits per heavy atom. The van der Waals surface area contributed by atoms with Gasteiger partial charge in [-0.15, -0.1) is 0 Å². The van der Waals surface area contributed by atoms with Crippen molar-refractivity contribution >= 4 is 0 Å². The van der Waals surface area contributed by atoms with Crippen LogP contribution in [-0.2, 0) is 25.9 Å². The Labute approximate surface area is 170 Å². The third kappa shape index (κ3) is 4.18. The van der Waals surface area contributed by atoms with Gasteiger partial charge in [0.25, 0.3) is 0 Å². The van der Waals surface area contributed by atoms with Crippen LogP contribution >= 0.6 is 0 Å². The van der Waals surface area contributed by atoms with Crippen LogP contribution in [0.5, 0.6) is 0 Å². The van der Waals surface area contributed by atoms with Gasteiger partial charge in [0.15, 0.2) is 0 Å². The fourth-order valence-corrected chi connectivity index (χ4v) is 5.75. The van der Waals surface area contributed by atoms with Gasteiger partial charge in [0.2, 0.25) is 0 Å². The second kappa shape index (κ2) is 8.39. The summed E-state index contributed by atoms with van der Waals surface area (Å²) in [7, 11) is 0. The van der Waals surface area contributed by atoms with Crippen LogP contribution in [0.4, 0.5) is 0 Å². The first-order chi connectivity index (χ1) is 13.8. The maximum Gasteiger partial charge on any atom is 0.0236 e. The molecule has 148 valence electrons. The van der Waals surface area contributed by atoms with Crippen LogP contribution in [0.25, 0.3) is 0 Å². The minimum absolute atomic E-state index is 0.920. The zero-order valence-electron chi connectivity index (χ0n) is 17.2. The first-order valence-electron chi connectivity index (χ1n) is 11.4. The molecule has 2 aromatic rings. The molecule has 1 aliphatic carbocycles. The van der Waals surface area contributed by atoms with E-state index < -0.39 is 0 Å². The molecule has 2 heterocycles. The first kappa shape index (κ1) is 18.4. The van der Waals surface area contributed by atoms with E-state index in [1.165, 1.54) is 77.8 Å². The van der Waals surface area contributed by atoms with Crippen molar-refractivity contribution in [3.63, 3.8) is 0 Å². The summed E-state index contributed by atoms with van der Waals surface area (Å²) in [5.74, 6) is 1.84. The smallest absolute Gasteiger partial charge is 0.0236 e. The Morgan fingerprint density at radius 1 is 0.571 bits per heavy atom. The summed E-state index contributed by atoms with van der Waals surface area (Å²) >= 11 is 0. The summed E-state index contributed by atoms with van der Waals surface area (Å²) in [6.07, 6.45) is 8.23. The Morgan fingerprint density at radius 2 is 0.964 bits per heavy atom. The van der Waals surface area contributed by atoms with E-state index in [1.807, 2.05) is 0 Å². The molecule has 0 N–H and O–H groups in total. The molecule has 3 aliphatic rings. The molecule has 0 saturated heterocycles. The Bertz CT molecular complexity index is 723. The lowest BCUT2D eigenvalue weighted by Crippen LogP contribution is -2.38. The normalized spacial score (nSPS) is 25.9. The van der Waals surface area contributed by atoms with Gasteiger partial charge in [-0.3, -0.25) is 9.80 Å². The highest BCUT2D eigenvalue weighted by Crippen LogP contribution is 2.32. The summed E-state index contributed by atoms with van der Waals surface area (Å²) in [5.41, 5.74) is 6.27. The SMILES string of the molecule is c1ccc2c(c1)CCN(CC1CCC(CN3CCc4ccccc4C3)CC1)C2. The molecule has 0 unspecified atom stereocenters. The number of hydrogen-bond acceptors (Lipinski definition) is 2. The lowest BCUT2D eigenvalue weighted by Gasteiger charge is -2.37. The third-order valence-corrected chi connectivity index (χ3v) is 7.42. The highest BCUT2D eigenvalue weighted by atomic mass is 15.1. The number of hydrogen-bond donors (Lipinski definition) is 0. The second-order valence-electron chi connectivity index (χ2n) is 9.39. The largest absolute Gasteiger partial charge is 0.298 e. The van der Waals surface area contributed by atoms with Gasteiger partial charge in [-0.2, -0.15) is 0 Å². The molecular weight excluding hydrogens is 340 g/mol. The van der Waals surface area contributed by atoms with E-state index in [0.29, 0.717) is 0 Å². The molecule has 2 nitrogen and oxygen atoms in total. The molecule has 1 fully saturated rings. The molecule has 5 rings (SSSR count). The molecule has 0 radical (unpaired) electrons. The number of benzene rings is 2. The van der Waals surface area contributed by atoms with Gasteiger partial charge in [-0.05, 0) is 72.6 Å². The van der Waals surface area contributed by atoms with Crippen LogP contribution in [0, 0.1) is 11.8 Å². The van der Waals surface area contributed by atoms with E-state index >= 15 is 0 Å². The number of fused-ring (bicyclic) bond motifs is 2.